The Kier molecular flexibility index (Phi) is 7.86. The summed E-state index contributed by atoms with van der Waals surface area (Å²) < 4.78 is 43.6. The minimum Gasteiger partial charge on any atom is -0.489 e. The predicted octanol–water partition coefficient (Wildman–Crippen LogP) is 5.79. The van der Waals surface area contributed by atoms with Crippen molar-refractivity contribution >= 4 is 44.3 Å². The Labute approximate surface area is 224 Å². The number of halogens is 1. The number of hydrogen-bond donors (Lipinski definition) is 2. The molecule has 0 saturated carbocycles. The van der Waals surface area contributed by atoms with Gasteiger partial charge >= 0.3 is 5.97 Å². The summed E-state index contributed by atoms with van der Waals surface area (Å²) in [5, 5.41) is 20.3. The molecular formula is C27H26ClNO8S. The van der Waals surface area contributed by atoms with Crippen LogP contribution in [0.3, 0.4) is 0 Å². The molecule has 0 aliphatic rings. The normalized spacial score (nSPS) is 11.6. The highest BCUT2D eigenvalue weighted by molar-refractivity contribution is 7.92. The number of anilines is 1. The van der Waals surface area contributed by atoms with Crippen molar-refractivity contribution in [2.45, 2.75) is 20.0 Å². The van der Waals surface area contributed by atoms with E-state index in [1.807, 2.05) is 0 Å². The van der Waals surface area contributed by atoms with Gasteiger partial charge in [0, 0.05) is 22.0 Å². The number of hydrogen-bond acceptors (Lipinski definition) is 7. The number of carboxylic acid groups (broad SMARTS) is 1. The Bertz CT molecular complexity index is 1580. The van der Waals surface area contributed by atoms with Crippen LogP contribution in [0.15, 0.2) is 65.1 Å². The maximum absolute atomic E-state index is 12.5. The number of carboxylic acids is 1. The number of furan rings is 1. The van der Waals surface area contributed by atoms with Crippen LogP contribution in [-0.2, 0) is 10.0 Å². The quantitative estimate of drug-likeness (QED) is 0.250. The van der Waals surface area contributed by atoms with Crippen molar-refractivity contribution < 1.29 is 37.3 Å². The molecule has 0 unspecified atom stereocenters. The first-order valence-corrected chi connectivity index (χ1v) is 13.8. The molecule has 200 valence electrons. The number of carbonyl (C=O) groups is 1. The highest BCUT2D eigenvalue weighted by Crippen LogP contribution is 2.41. The lowest BCUT2D eigenvalue weighted by Crippen LogP contribution is -2.33. The Morgan fingerprint density at radius 3 is 2.37 bits per heavy atom. The third-order valence-electron chi connectivity index (χ3n) is 5.47. The molecule has 1 heterocycles. The van der Waals surface area contributed by atoms with E-state index in [0.29, 0.717) is 22.1 Å². The van der Waals surface area contributed by atoms with Gasteiger partial charge in [-0.2, -0.15) is 0 Å². The van der Waals surface area contributed by atoms with Crippen molar-refractivity contribution in [1.29, 1.82) is 0 Å². The number of aliphatic hydroxyl groups excluding tert-OH is 1. The fourth-order valence-electron chi connectivity index (χ4n) is 3.97. The molecular weight excluding hydrogens is 534 g/mol. The fraction of sp³-hybridized carbons (Fsp3) is 0.222. The molecule has 38 heavy (non-hydrogen) atoms. The number of fused-ring (bicyclic) bond motifs is 1. The SMILES string of the molecule is CC(C)Oc1cc2c(C(=O)O)c(-c3ccc(Oc4cccc(Cl)c4)cc3)oc2cc1N(CCO)S(C)(=O)=O. The van der Waals surface area contributed by atoms with Crippen LogP contribution in [0.1, 0.15) is 24.2 Å². The van der Waals surface area contributed by atoms with E-state index < -0.39 is 22.6 Å². The van der Waals surface area contributed by atoms with Crippen LogP contribution >= 0.6 is 11.6 Å². The average Bonchev–Trinajstić information content (AvgIpc) is 3.20. The molecule has 0 aliphatic carbocycles. The van der Waals surface area contributed by atoms with Crippen LogP contribution < -0.4 is 13.8 Å². The minimum atomic E-state index is -3.80. The molecule has 4 aromatic rings. The van der Waals surface area contributed by atoms with Gasteiger partial charge in [-0.1, -0.05) is 17.7 Å². The van der Waals surface area contributed by atoms with Crippen LogP contribution in [0.5, 0.6) is 17.2 Å². The molecule has 3 aromatic carbocycles. The lowest BCUT2D eigenvalue weighted by Gasteiger charge is -2.24. The summed E-state index contributed by atoms with van der Waals surface area (Å²) in [7, 11) is -3.80. The maximum atomic E-state index is 12.5. The first-order chi connectivity index (χ1) is 18.0. The molecule has 0 fully saturated rings. The Morgan fingerprint density at radius 2 is 1.79 bits per heavy atom. The van der Waals surface area contributed by atoms with Crippen molar-refractivity contribution in [3.05, 3.63) is 71.2 Å². The topological polar surface area (TPSA) is 127 Å². The fourth-order valence-corrected chi connectivity index (χ4v) is 5.06. The molecule has 0 bridgehead atoms. The van der Waals surface area contributed by atoms with E-state index in [0.717, 1.165) is 10.6 Å². The largest absolute Gasteiger partial charge is 0.489 e. The Morgan fingerprint density at radius 1 is 1.08 bits per heavy atom. The summed E-state index contributed by atoms with van der Waals surface area (Å²) in [6.07, 6.45) is 0.670. The highest BCUT2D eigenvalue weighted by Gasteiger charge is 2.27. The third-order valence-corrected chi connectivity index (χ3v) is 6.88. The second-order valence-electron chi connectivity index (χ2n) is 8.74. The number of ether oxygens (including phenoxy) is 2. The lowest BCUT2D eigenvalue weighted by atomic mass is 10.0. The molecule has 0 atom stereocenters. The molecule has 4 rings (SSSR count). The standard InChI is InChI=1S/C27H26ClNO8S/c1-16(2)35-24-14-21-23(15-22(24)29(11-12-30)38(3,33)34)37-26(25(21)27(31)32)17-7-9-19(10-8-17)36-20-6-4-5-18(28)13-20/h4-10,13-16,30H,11-12H2,1-3H3,(H,31,32). The van der Waals surface area contributed by atoms with Gasteiger partial charge in [0.05, 0.1) is 31.2 Å². The zero-order valence-corrected chi connectivity index (χ0v) is 22.4. The predicted molar refractivity (Wildman–Crippen MR) is 145 cm³/mol. The highest BCUT2D eigenvalue weighted by atomic mass is 35.5. The first kappa shape index (κ1) is 27.3. The zero-order chi connectivity index (χ0) is 27.6. The summed E-state index contributed by atoms with van der Waals surface area (Å²) in [6.45, 7) is 2.87. The molecule has 0 spiro atoms. The van der Waals surface area contributed by atoms with Gasteiger partial charge in [0.2, 0.25) is 10.0 Å². The monoisotopic (exact) mass is 559 g/mol. The maximum Gasteiger partial charge on any atom is 0.340 e. The van der Waals surface area contributed by atoms with Crippen LogP contribution in [0.4, 0.5) is 5.69 Å². The average molecular weight is 560 g/mol. The number of nitrogens with zero attached hydrogens (tertiary/aromatic N) is 1. The molecule has 11 heteroatoms. The molecule has 9 nitrogen and oxygen atoms in total. The van der Waals surface area contributed by atoms with Crippen molar-refractivity contribution in [1.82, 2.24) is 0 Å². The van der Waals surface area contributed by atoms with Crippen molar-refractivity contribution in [2.75, 3.05) is 23.7 Å². The van der Waals surface area contributed by atoms with Gasteiger partial charge in [0.25, 0.3) is 0 Å². The van der Waals surface area contributed by atoms with Crippen LogP contribution in [0.2, 0.25) is 5.02 Å². The van der Waals surface area contributed by atoms with E-state index in [1.165, 1.54) is 12.1 Å². The van der Waals surface area contributed by atoms with Gasteiger partial charge in [-0.15, -0.1) is 0 Å². The summed E-state index contributed by atoms with van der Waals surface area (Å²) in [5.41, 5.74) is 0.650. The molecule has 0 aliphatic heterocycles. The minimum absolute atomic E-state index is 0.0857. The van der Waals surface area contributed by atoms with E-state index in [1.54, 1.807) is 62.4 Å². The second kappa shape index (κ2) is 10.9. The molecule has 0 radical (unpaired) electrons. The zero-order valence-electron chi connectivity index (χ0n) is 20.8. The van der Waals surface area contributed by atoms with E-state index >= 15 is 0 Å². The summed E-state index contributed by atoms with van der Waals surface area (Å²) in [4.78, 5) is 12.3. The molecule has 2 N–H and O–H groups in total. The number of sulfonamides is 1. The third kappa shape index (κ3) is 5.88. The number of aromatic carboxylic acids is 1. The van der Waals surface area contributed by atoms with Gasteiger partial charge in [-0.25, -0.2) is 13.2 Å². The van der Waals surface area contributed by atoms with Gasteiger partial charge in [-0.05, 0) is 62.4 Å². The second-order valence-corrected chi connectivity index (χ2v) is 11.1. The van der Waals surface area contributed by atoms with E-state index in [2.05, 4.69) is 0 Å². The summed E-state index contributed by atoms with van der Waals surface area (Å²) in [6, 6.07) is 16.4. The lowest BCUT2D eigenvalue weighted by molar-refractivity contribution is 0.0699. The van der Waals surface area contributed by atoms with Crippen LogP contribution in [0, 0.1) is 0 Å². The molecule has 0 amide bonds. The van der Waals surface area contributed by atoms with Crippen molar-refractivity contribution in [2.24, 2.45) is 0 Å². The van der Waals surface area contributed by atoms with Crippen LogP contribution in [-0.4, -0.2) is 50.1 Å². The van der Waals surface area contributed by atoms with Gasteiger partial charge in [0.1, 0.15) is 34.2 Å². The number of rotatable bonds is 10. The Balaban J connectivity index is 1.83. The molecule has 0 saturated heterocycles. The smallest absolute Gasteiger partial charge is 0.340 e. The van der Waals surface area contributed by atoms with Crippen LogP contribution in [0.25, 0.3) is 22.3 Å². The van der Waals surface area contributed by atoms with E-state index in [9.17, 15) is 23.4 Å². The van der Waals surface area contributed by atoms with Gasteiger partial charge in [0.15, 0.2) is 0 Å². The number of benzene rings is 3. The van der Waals surface area contributed by atoms with E-state index in [-0.39, 0.29) is 46.4 Å². The summed E-state index contributed by atoms with van der Waals surface area (Å²) >= 11 is 6.01. The Hall–Kier alpha value is -3.73. The summed E-state index contributed by atoms with van der Waals surface area (Å²) in [5.74, 6) is 0.0565. The van der Waals surface area contributed by atoms with Crippen molar-refractivity contribution in [3.8, 4) is 28.6 Å². The number of aliphatic hydroxyl groups is 1. The van der Waals surface area contributed by atoms with E-state index in [4.69, 9.17) is 25.5 Å². The van der Waals surface area contributed by atoms with Gasteiger partial charge in [-0.3, -0.25) is 4.31 Å². The van der Waals surface area contributed by atoms with Gasteiger partial charge < -0.3 is 24.1 Å². The first-order valence-electron chi connectivity index (χ1n) is 11.6. The molecule has 1 aromatic heterocycles. The van der Waals surface area contributed by atoms with Crippen molar-refractivity contribution in [3.63, 3.8) is 0 Å².